The summed E-state index contributed by atoms with van der Waals surface area (Å²) in [5.41, 5.74) is 20.9. The molecule has 11 aromatic carbocycles. The molecule has 1 aromatic heterocycles. The van der Waals surface area contributed by atoms with Gasteiger partial charge in [-0.25, -0.2) is 0 Å². The molecule has 0 aliphatic heterocycles. The summed E-state index contributed by atoms with van der Waals surface area (Å²) in [5.74, 6) is 0. The molecule has 0 spiro atoms. The van der Waals surface area contributed by atoms with E-state index in [4.69, 9.17) is 0 Å². The maximum Gasteiger partial charge on any atom is 0.0541 e. The maximum absolute atomic E-state index is 2.40. The van der Waals surface area contributed by atoms with Crippen molar-refractivity contribution >= 4 is 73.0 Å². The normalized spacial score (nSPS) is 12.4. The van der Waals surface area contributed by atoms with E-state index in [9.17, 15) is 0 Å². The van der Waals surface area contributed by atoms with Gasteiger partial charge in [-0.1, -0.05) is 153 Å². The average molecular weight is 937 g/mol. The zero-order valence-electron chi connectivity index (χ0n) is 40.8. The number of rotatable bonds is 11. The predicted molar refractivity (Wildman–Crippen MR) is 308 cm³/mol. The molecule has 0 amide bonds. The molecule has 13 rings (SSSR count). The number of anilines is 9. The minimum Gasteiger partial charge on any atom is -0.311 e. The fraction of sp³-hybridized carbons (Fsp3) is 0.0435. The monoisotopic (exact) mass is 936 g/mol. The molecule has 0 fully saturated rings. The molecule has 0 unspecified atom stereocenters. The Labute approximate surface area is 427 Å². The minimum absolute atomic E-state index is 0.117. The molecule has 73 heavy (non-hydrogen) atoms. The summed E-state index contributed by atoms with van der Waals surface area (Å²) >= 11 is 0. The van der Waals surface area contributed by atoms with E-state index in [2.05, 4.69) is 312 Å². The number of hydrogen-bond donors (Lipinski definition) is 0. The van der Waals surface area contributed by atoms with E-state index in [-0.39, 0.29) is 5.41 Å². The third-order valence-electron chi connectivity index (χ3n) is 14.7. The lowest BCUT2D eigenvalue weighted by Gasteiger charge is -2.30. The Morgan fingerprint density at radius 3 is 1.21 bits per heavy atom. The second-order valence-electron chi connectivity index (χ2n) is 19.4. The first-order valence-corrected chi connectivity index (χ1v) is 25.2. The molecule has 12 aromatic rings. The smallest absolute Gasteiger partial charge is 0.0541 e. The highest BCUT2D eigenvalue weighted by molar-refractivity contribution is 6.10. The van der Waals surface area contributed by atoms with Crippen molar-refractivity contribution in [3.63, 3.8) is 0 Å². The first-order chi connectivity index (χ1) is 36.0. The zero-order chi connectivity index (χ0) is 48.9. The third-order valence-corrected chi connectivity index (χ3v) is 14.7. The Morgan fingerprint density at radius 2 is 0.658 bits per heavy atom. The van der Waals surface area contributed by atoms with Crippen molar-refractivity contribution in [3.8, 4) is 27.9 Å². The Bertz CT molecular complexity index is 3860. The standard InChI is InChI=1S/C69H52N4/c1-69(2)65-29-17-15-27-61(65)62-45-44-60(48-66(62)69)72(53-23-11-5-12-24-53)59-42-40-58(41-43-59)71(57-38-36-56(37-39-57)70(51-19-7-3-8-20-51)52-21-9-4-10-22-52)55-34-31-49(32-35-55)50-33-46-68-64(47-50)63-28-16-18-30-67(63)73(68)54-25-13-6-14-26-54/h3-48H,1-2H3. The number of para-hydroxylation sites is 5. The molecule has 0 bridgehead atoms. The van der Waals surface area contributed by atoms with Gasteiger partial charge in [0.05, 0.1) is 11.0 Å². The van der Waals surface area contributed by atoms with Gasteiger partial charge in [0.2, 0.25) is 0 Å². The van der Waals surface area contributed by atoms with E-state index in [1.807, 2.05) is 0 Å². The quantitative estimate of drug-likeness (QED) is 0.128. The van der Waals surface area contributed by atoms with Crippen LogP contribution in [0.1, 0.15) is 25.0 Å². The van der Waals surface area contributed by atoms with Gasteiger partial charge < -0.3 is 19.3 Å². The number of benzene rings is 11. The van der Waals surface area contributed by atoms with Crippen LogP contribution in [0, 0.1) is 0 Å². The summed E-state index contributed by atoms with van der Waals surface area (Å²) < 4.78 is 2.37. The highest BCUT2D eigenvalue weighted by Crippen LogP contribution is 2.51. The van der Waals surface area contributed by atoms with E-state index >= 15 is 0 Å². The summed E-state index contributed by atoms with van der Waals surface area (Å²) in [6, 6.07) is 101. The molecule has 1 heterocycles. The molecular formula is C69H52N4. The van der Waals surface area contributed by atoms with Crippen molar-refractivity contribution in [2.45, 2.75) is 19.3 Å². The maximum atomic E-state index is 2.40. The van der Waals surface area contributed by atoms with Crippen LogP contribution in [0.15, 0.2) is 279 Å². The molecule has 0 saturated heterocycles. The Balaban J connectivity index is 0.899. The van der Waals surface area contributed by atoms with Gasteiger partial charge in [0, 0.05) is 73.1 Å². The lowest BCUT2D eigenvalue weighted by atomic mass is 9.82. The summed E-state index contributed by atoms with van der Waals surface area (Å²) in [7, 11) is 0. The molecule has 1 aliphatic carbocycles. The van der Waals surface area contributed by atoms with Gasteiger partial charge in [-0.15, -0.1) is 0 Å². The summed E-state index contributed by atoms with van der Waals surface area (Å²) in [6.07, 6.45) is 0. The van der Waals surface area contributed by atoms with Crippen LogP contribution in [0.3, 0.4) is 0 Å². The van der Waals surface area contributed by atoms with Crippen molar-refractivity contribution in [2.24, 2.45) is 0 Å². The van der Waals surface area contributed by atoms with Crippen molar-refractivity contribution < 1.29 is 0 Å². The van der Waals surface area contributed by atoms with E-state index in [1.54, 1.807) is 0 Å². The van der Waals surface area contributed by atoms with E-state index in [0.29, 0.717) is 0 Å². The van der Waals surface area contributed by atoms with E-state index in [0.717, 1.165) is 62.4 Å². The SMILES string of the molecule is CC1(C)c2ccccc2-c2ccc(N(c3ccccc3)c3ccc(N(c4ccc(-c5ccc6c(c5)c5ccccc5n6-c5ccccc5)cc4)c4ccc(N(c5ccccc5)c5ccccc5)cc4)cc3)cc21. The topological polar surface area (TPSA) is 14.7 Å². The van der Waals surface area contributed by atoms with Crippen LogP contribution in [0.25, 0.3) is 49.7 Å². The van der Waals surface area contributed by atoms with Gasteiger partial charge in [-0.2, -0.15) is 0 Å². The molecule has 348 valence electrons. The van der Waals surface area contributed by atoms with Gasteiger partial charge in [-0.05, 0) is 173 Å². The van der Waals surface area contributed by atoms with Crippen molar-refractivity contribution in [1.82, 2.24) is 4.57 Å². The molecule has 0 radical (unpaired) electrons. The van der Waals surface area contributed by atoms with Crippen LogP contribution in [-0.2, 0) is 5.41 Å². The second kappa shape index (κ2) is 18.1. The van der Waals surface area contributed by atoms with Gasteiger partial charge in [0.1, 0.15) is 0 Å². The van der Waals surface area contributed by atoms with E-state index < -0.39 is 0 Å². The Kier molecular flexibility index (Phi) is 10.8. The van der Waals surface area contributed by atoms with Crippen molar-refractivity contribution in [2.75, 3.05) is 14.7 Å². The fourth-order valence-electron chi connectivity index (χ4n) is 11.2. The number of nitrogens with zero attached hydrogens (tertiary/aromatic N) is 4. The van der Waals surface area contributed by atoms with Crippen LogP contribution in [-0.4, -0.2) is 4.57 Å². The highest BCUT2D eigenvalue weighted by Gasteiger charge is 2.36. The van der Waals surface area contributed by atoms with Gasteiger partial charge in [0.25, 0.3) is 0 Å². The Morgan fingerprint density at radius 1 is 0.274 bits per heavy atom. The van der Waals surface area contributed by atoms with Crippen LogP contribution in [0.4, 0.5) is 51.2 Å². The van der Waals surface area contributed by atoms with Crippen LogP contribution in [0.2, 0.25) is 0 Å². The molecule has 1 aliphatic rings. The van der Waals surface area contributed by atoms with Crippen LogP contribution < -0.4 is 14.7 Å². The zero-order valence-corrected chi connectivity index (χ0v) is 40.8. The number of hydrogen-bond acceptors (Lipinski definition) is 3. The molecular weight excluding hydrogens is 885 g/mol. The molecule has 0 N–H and O–H groups in total. The highest BCUT2D eigenvalue weighted by atomic mass is 15.2. The molecule has 4 heteroatoms. The first-order valence-electron chi connectivity index (χ1n) is 25.2. The van der Waals surface area contributed by atoms with Crippen LogP contribution in [0.5, 0.6) is 0 Å². The first kappa shape index (κ1) is 43.6. The molecule has 4 nitrogen and oxygen atoms in total. The molecule has 0 atom stereocenters. The van der Waals surface area contributed by atoms with Gasteiger partial charge in [0.15, 0.2) is 0 Å². The van der Waals surface area contributed by atoms with Crippen molar-refractivity contribution in [3.05, 3.63) is 290 Å². The van der Waals surface area contributed by atoms with Crippen molar-refractivity contribution in [1.29, 1.82) is 0 Å². The second-order valence-corrected chi connectivity index (χ2v) is 19.4. The molecule has 0 saturated carbocycles. The Hall–Kier alpha value is -9.38. The third kappa shape index (κ3) is 7.72. The fourth-order valence-corrected chi connectivity index (χ4v) is 11.2. The van der Waals surface area contributed by atoms with Crippen LogP contribution >= 0.6 is 0 Å². The lowest BCUT2D eigenvalue weighted by Crippen LogP contribution is -2.16. The van der Waals surface area contributed by atoms with E-state index in [1.165, 1.54) is 49.6 Å². The summed E-state index contributed by atoms with van der Waals surface area (Å²) in [4.78, 5) is 7.06. The largest absolute Gasteiger partial charge is 0.311 e. The van der Waals surface area contributed by atoms with Gasteiger partial charge in [-0.3, -0.25) is 0 Å². The number of fused-ring (bicyclic) bond motifs is 6. The summed E-state index contributed by atoms with van der Waals surface area (Å²) in [5, 5.41) is 2.48. The number of aromatic nitrogens is 1. The summed E-state index contributed by atoms with van der Waals surface area (Å²) in [6.45, 7) is 4.70. The predicted octanol–water partition coefficient (Wildman–Crippen LogP) is 19.2. The lowest BCUT2D eigenvalue weighted by molar-refractivity contribution is 0.660. The van der Waals surface area contributed by atoms with Gasteiger partial charge >= 0.3 is 0 Å². The minimum atomic E-state index is -0.117. The average Bonchev–Trinajstić information content (AvgIpc) is 3.90.